The highest BCUT2D eigenvalue weighted by Crippen LogP contribution is 2.13. The first-order chi connectivity index (χ1) is 14.5. The van der Waals surface area contributed by atoms with E-state index in [1.54, 1.807) is 0 Å². The predicted octanol–water partition coefficient (Wildman–Crippen LogP) is 3.72. The number of hydrogen-bond acceptors (Lipinski definition) is 2. The van der Waals surface area contributed by atoms with Crippen LogP contribution >= 0.6 is 0 Å². The molecule has 0 saturated carbocycles. The van der Waals surface area contributed by atoms with Gasteiger partial charge >= 0.3 is 5.97 Å². The zero-order valence-electron chi connectivity index (χ0n) is 20.5. The number of ether oxygens (including phenoxy) is 1. The Labute approximate surface area is 198 Å². The van der Waals surface area contributed by atoms with E-state index in [2.05, 4.69) is 64.1 Å². The van der Waals surface area contributed by atoms with Crippen LogP contribution < -0.4 is 12.4 Å². The fourth-order valence-electron chi connectivity index (χ4n) is 3.85. The molecule has 0 aliphatic heterocycles. The van der Waals surface area contributed by atoms with E-state index in [4.69, 9.17) is 4.74 Å². The Morgan fingerprint density at radius 2 is 1.48 bits per heavy atom. The molecule has 31 heavy (non-hydrogen) atoms. The van der Waals surface area contributed by atoms with Crippen molar-refractivity contribution in [3.05, 3.63) is 47.5 Å². The number of rotatable bonds is 17. The SMILES string of the molecule is CCCCCCCCCCOC(=O)C[N+](CC)(CC)CC=C(C)Cc1ccccc1.[Cl-]. The maximum absolute atomic E-state index is 12.5. The minimum atomic E-state index is -0.0456. The van der Waals surface area contributed by atoms with Crippen molar-refractivity contribution >= 4 is 5.97 Å². The largest absolute Gasteiger partial charge is 1.00 e. The summed E-state index contributed by atoms with van der Waals surface area (Å²) in [6.07, 6.45) is 13.4. The molecule has 0 amide bonds. The molecular formula is C27H46ClNO2. The van der Waals surface area contributed by atoms with Crippen LogP contribution in [0.15, 0.2) is 42.0 Å². The van der Waals surface area contributed by atoms with Crippen LogP contribution in [0, 0.1) is 0 Å². The third kappa shape index (κ3) is 13.6. The van der Waals surface area contributed by atoms with Crippen LogP contribution in [-0.4, -0.2) is 43.2 Å². The fourth-order valence-corrected chi connectivity index (χ4v) is 3.85. The molecule has 0 unspecified atom stereocenters. The zero-order valence-corrected chi connectivity index (χ0v) is 21.3. The van der Waals surface area contributed by atoms with Gasteiger partial charge in [-0.1, -0.05) is 87.8 Å². The minimum Gasteiger partial charge on any atom is -1.00 e. The number of quaternary nitrogens is 1. The van der Waals surface area contributed by atoms with Crippen molar-refractivity contribution in [2.75, 3.05) is 32.8 Å². The number of benzene rings is 1. The highest BCUT2D eigenvalue weighted by atomic mass is 35.5. The highest BCUT2D eigenvalue weighted by Gasteiger charge is 2.26. The normalized spacial score (nSPS) is 11.8. The Morgan fingerprint density at radius 1 is 0.903 bits per heavy atom. The van der Waals surface area contributed by atoms with E-state index in [0.717, 1.165) is 37.0 Å². The molecule has 0 aliphatic rings. The van der Waals surface area contributed by atoms with Gasteiger partial charge in [0.25, 0.3) is 0 Å². The number of carbonyl (C=O) groups excluding carboxylic acids is 1. The molecule has 0 bridgehead atoms. The fraction of sp³-hybridized carbons (Fsp3) is 0.667. The Balaban J connectivity index is 0.00000900. The molecule has 0 atom stereocenters. The van der Waals surface area contributed by atoms with Gasteiger partial charge in [-0.05, 0) is 45.3 Å². The Hall–Kier alpha value is -1.32. The number of halogens is 1. The number of nitrogens with zero attached hydrogens (tertiary/aromatic N) is 1. The van der Waals surface area contributed by atoms with E-state index >= 15 is 0 Å². The lowest BCUT2D eigenvalue weighted by Gasteiger charge is -2.35. The first kappa shape index (κ1) is 29.7. The molecule has 1 aromatic rings. The van der Waals surface area contributed by atoms with Gasteiger partial charge in [-0.25, -0.2) is 4.79 Å². The summed E-state index contributed by atoms with van der Waals surface area (Å²) in [4.78, 5) is 12.5. The predicted molar refractivity (Wildman–Crippen MR) is 129 cm³/mol. The molecule has 1 rings (SSSR count). The quantitative estimate of drug-likeness (QED) is 0.156. The molecule has 178 valence electrons. The highest BCUT2D eigenvalue weighted by molar-refractivity contribution is 5.70. The average Bonchev–Trinajstić information content (AvgIpc) is 2.76. The van der Waals surface area contributed by atoms with E-state index in [1.807, 2.05) is 0 Å². The summed E-state index contributed by atoms with van der Waals surface area (Å²) in [6.45, 7) is 12.6. The molecule has 1 aromatic carbocycles. The lowest BCUT2D eigenvalue weighted by atomic mass is 10.1. The van der Waals surface area contributed by atoms with Crippen molar-refractivity contribution in [1.29, 1.82) is 0 Å². The number of esters is 1. The Bertz CT molecular complexity index is 597. The molecule has 0 aromatic heterocycles. The van der Waals surface area contributed by atoms with Crippen LogP contribution in [0.1, 0.15) is 84.6 Å². The minimum absolute atomic E-state index is 0. The molecular weight excluding hydrogens is 406 g/mol. The standard InChI is InChI=1S/C27H46NO2.ClH/c1-5-8-9-10-11-12-13-17-22-30-27(29)24-28(6-2,7-3)21-20-25(4)23-26-18-15-14-16-19-26;/h14-16,18-20H,5-13,17,21-24H2,1-4H3;1H/q+1;/p-1. The van der Waals surface area contributed by atoms with E-state index in [9.17, 15) is 4.79 Å². The van der Waals surface area contributed by atoms with Crippen LogP contribution in [0.2, 0.25) is 0 Å². The second-order valence-corrected chi connectivity index (χ2v) is 8.72. The number of hydrogen-bond donors (Lipinski definition) is 0. The molecule has 0 saturated heterocycles. The van der Waals surface area contributed by atoms with Crippen molar-refractivity contribution in [2.45, 2.75) is 85.5 Å². The maximum atomic E-state index is 12.5. The monoisotopic (exact) mass is 451 g/mol. The molecule has 3 nitrogen and oxygen atoms in total. The second kappa shape index (κ2) is 18.3. The van der Waals surface area contributed by atoms with Gasteiger partial charge in [-0.2, -0.15) is 0 Å². The van der Waals surface area contributed by atoms with E-state index in [1.165, 1.54) is 56.1 Å². The summed E-state index contributed by atoms with van der Waals surface area (Å²) in [5, 5.41) is 0. The molecule has 0 fully saturated rings. The van der Waals surface area contributed by atoms with Crippen LogP contribution in [0.25, 0.3) is 0 Å². The number of carbonyl (C=O) groups is 1. The Morgan fingerprint density at radius 3 is 2.06 bits per heavy atom. The van der Waals surface area contributed by atoms with Gasteiger partial charge < -0.3 is 21.6 Å². The molecule has 0 heterocycles. The summed E-state index contributed by atoms with van der Waals surface area (Å²) in [7, 11) is 0. The van der Waals surface area contributed by atoms with Crippen molar-refractivity contribution in [3.63, 3.8) is 0 Å². The van der Waals surface area contributed by atoms with E-state index in [0.29, 0.717) is 13.2 Å². The average molecular weight is 452 g/mol. The summed E-state index contributed by atoms with van der Waals surface area (Å²) in [6, 6.07) is 10.6. The summed E-state index contributed by atoms with van der Waals surface area (Å²) >= 11 is 0. The van der Waals surface area contributed by atoms with Crippen molar-refractivity contribution in [3.8, 4) is 0 Å². The number of unbranched alkanes of at least 4 members (excludes halogenated alkanes) is 7. The van der Waals surface area contributed by atoms with Crippen molar-refractivity contribution < 1.29 is 26.4 Å². The molecule has 0 N–H and O–H groups in total. The molecule has 0 radical (unpaired) electrons. The van der Waals surface area contributed by atoms with Crippen LogP contribution in [0.5, 0.6) is 0 Å². The van der Waals surface area contributed by atoms with Crippen molar-refractivity contribution in [2.24, 2.45) is 0 Å². The second-order valence-electron chi connectivity index (χ2n) is 8.72. The van der Waals surface area contributed by atoms with Gasteiger partial charge in [-0.15, -0.1) is 0 Å². The van der Waals surface area contributed by atoms with Crippen LogP contribution in [-0.2, 0) is 16.0 Å². The van der Waals surface area contributed by atoms with E-state index in [-0.39, 0.29) is 18.4 Å². The van der Waals surface area contributed by atoms with Gasteiger partial charge in [0.15, 0.2) is 6.54 Å². The van der Waals surface area contributed by atoms with Gasteiger partial charge in [0.05, 0.1) is 26.2 Å². The van der Waals surface area contributed by atoms with Gasteiger partial charge in [0.1, 0.15) is 0 Å². The lowest BCUT2D eigenvalue weighted by molar-refractivity contribution is -0.912. The first-order valence-electron chi connectivity index (χ1n) is 12.3. The maximum Gasteiger partial charge on any atom is 0.361 e. The molecule has 0 aliphatic carbocycles. The van der Waals surface area contributed by atoms with E-state index < -0.39 is 0 Å². The van der Waals surface area contributed by atoms with Crippen molar-refractivity contribution in [1.82, 2.24) is 0 Å². The smallest absolute Gasteiger partial charge is 0.361 e. The van der Waals surface area contributed by atoms with Crippen LogP contribution in [0.4, 0.5) is 0 Å². The third-order valence-corrected chi connectivity index (χ3v) is 6.22. The zero-order chi connectivity index (χ0) is 22.1. The summed E-state index contributed by atoms with van der Waals surface area (Å²) < 4.78 is 6.34. The van der Waals surface area contributed by atoms with Crippen LogP contribution in [0.3, 0.4) is 0 Å². The molecule has 0 spiro atoms. The summed E-state index contributed by atoms with van der Waals surface area (Å²) in [5.74, 6) is -0.0456. The summed E-state index contributed by atoms with van der Waals surface area (Å²) in [5.41, 5.74) is 2.69. The van der Waals surface area contributed by atoms with Gasteiger partial charge in [0.2, 0.25) is 0 Å². The first-order valence-corrected chi connectivity index (χ1v) is 12.3. The lowest BCUT2D eigenvalue weighted by Crippen LogP contribution is -3.00. The molecule has 4 heteroatoms. The topological polar surface area (TPSA) is 26.3 Å². The Kier molecular flexibility index (Phi) is 17.5. The van der Waals surface area contributed by atoms with Gasteiger partial charge in [0, 0.05) is 0 Å². The number of allylic oxidation sites excluding steroid dienone is 1. The van der Waals surface area contributed by atoms with Gasteiger partial charge in [-0.3, -0.25) is 0 Å². The third-order valence-electron chi connectivity index (χ3n) is 6.22. The number of likely N-dealkylation sites (N-methyl/N-ethyl adjacent to an activating group) is 1.